The molecule has 1 heterocycles. The van der Waals surface area contributed by atoms with E-state index in [1.165, 1.54) is 10.9 Å². The highest BCUT2D eigenvalue weighted by molar-refractivity contribution is 8.13. The van der Waals surface area contributed by atoms with Crippen LogP contribution in [-0.4, -0.2) is 31.2 Å². The molecule has 0 radical (unpaired) electrons. The van der Waals surface area contributed by atoms with Crippen molar-refractivity contribution in [2.24, 2.45) is 5.92 Å². The second kappa shape index (κ2) is 6.62. The van der Waals surface area contributed by atoms with Gasteiger partial charge in [-0.1, -0.05) is 13.8 Å². The summed E-state index contributed by atoms with van der Waals surface area (Å²) < 4.78 is 52.7. The number of hydrogen-bond acceptors (Lipinski definition) is 4. The molecule has 19 heavy (non-hydrogen) atoms. The number of rotatable bonds is 7. The van der Waals surface area contributed by atoms with Crippen molar-refractivity contribution in [1.29, 1.82) is 0 Å². The summed E-state index contributed by atoms with van der Waals surface area (Å²) in [6, 6.07) is 0. The van der Waals surface area contributed by atoms with Gasteiger partial charge < -0.3 is 4.74 Å². The Kier molecular flexibility index (Phi) is 5.69. The molecule has 1 rings (SSSR count). The Morgan fingerprint density at radius 1 is 1.47 bits per heavy atom. The smallest absolute Gasteiger partial charge is 0.264 e. The van der Waals surface area contributed by atoms with Gasteiger partial charge in [-0.15, -0.1) is 0 Å². The molecule has 0 bridgehead atoms. The first-order valence-electron chi connectivity index (χ1n) is 5.57. The highest BCUT2D eigenvalue weighted by atomic mass is 35.7. The SMILES string of the molecule is CC(C)Cn1cc(S(=O)(=O)Cl)c(COCC(F)F)n1. The lowest BCUT2D eigenvalue weighted by atomic mass is 10.2. The second-order valence-electron chi connectivity index (χ2n) is 4.40. The maximum absolute atomic E-state index is 12.0. The third-order valence-electron chi connectivity index (χ3n) is 2.10. The lowest BCUT2D eigenvalue weighted by Crippen LogP contribution is -2.07. The van der Waals surface area contributed by atoms with Crippen molar-refractivity contribution in [1.82, 2.24) is 9.78 Å². The Bertz CT molecular complexity index is 517. The van der Waals surface area contributed by atoms with E-state index in [1.807, 2.05) is 13.8 Å². The van der Waals surface area contributed by atoms with E-state index in [4.69, 9.17) is 10.7 Å². The molecule has 0 aliphatic heterocycles. The standard InChI is InChI=1S/C10H15ClF2N2O3S/c1-7(2)3-15-4-9(19(11,16)17)8(14-15)5-18-6-10(12)13/h4,7,10H,3,5-6H2,1-2H3. The zero-order valence-electron chi connectivity index (χ0n) is 10.5. The van der Waals surface area contributed by atoms with Gasteiger partial charge in [0.15, 0.2) is 0 Å². The van der Waals surface area contributed by atoms with Crippen molar-refractivity contribution >= 4 is 19.7 Å². The molecule has 0 aromatic carbocycles. The molecule has 5 nitrogen and oxygen atoms in total. The molecule has 0 unspecified atom stereocenters. The summed E-state index contributed by atoms with van der Waals surface area (Å²) in [5.41, 5.74) is 0.0382. The quantitative estimate of drug-likeness (QED) is 0.724. The summed E-state index contributed by atoms with van der Waals surface area (Å²) in [5, 5.41) is 4.00. The molecule has 0 aliphatic rings. The first-order valence-corrected chi connectivity index (χ1v) is 7.88. The maximum atomic E-state index is 12.0. The number of hydrogen-bond donors (Lipinski definition) is 0. The van der Waals surface area contributed by atoms with Crippen LogP contribution in [0.25, 0.3) is 0 Å². The van der Waals surface area contributed by atoms with Gasteiger partial charge in [-0.05, 0) is 5.92 Å². The lowest BCUT2D eigenvalue weighted by molar-refractivity contribution is 0.00802. The van der Waals surface area contributed by atoms with Gasteiger partial charge in [-0.3, -0.25) is 4.68 Å². The fourth-order valence-corrected chi connectivity index (χ4v) is 2.47. The van der Waals surface area contributed by atoms with E-state index < -0.39 is 22.1 Å². The molecular formula is C10H15ClF2N2O3S. The molecule has 0 spiro atoms. The number of nitrogens with zero attached hydrogens (tertiary/aromatic N) is 2. The van der Waals surface area contributed by atoms with Gasteiger partial charge >= 0.3 is 0 Å². The van der Waals surface area contributed by atoms with Crippen LogP contribution in [-0.2, 0) is 26.9 Å². The van der Waals surface area contributed by atoms with Crippen LogP contribution >= 0.6 is 10.7 Å². The molecule has 9 heteroatoms. The summed E-state index contributed by atoms with van der Waals surface area (Å²) in [7, 11) is 1.29. The van der Waals surface area contributed by atoms with Crippen LogP contribution in [0.4, 0.5) is 8.78 Å². The lowest BCUT2D eigenvalue weighted by Gasteiger charge is -2.04. The van der Waals surface area contributed by atoms with E-state index >= 15 is 0 Å². The van der Waals surface area contributed by atoms with E-state index in [9.17, 15) is 17.2 Å². The summed E-state index contributed by atoms with van der Waals surface area (Å²) >= 11 is 0. The van der Waals surface area contributed by atoms with Crippen LogP contribution in [0.15, 0.2) is 11.1 Å². The Labute approximate surface area is 114 Å². The van der Waals surface area contributed by atoms with Crippen molar-refractivity contribution in [3.8, 4) is 0 Å². The van der Waals surface area contributed by atoms with E-state index in [2.05, 4.69) is 9.84 Å². The Morgan fingerprint density at radius 2 is 2.11 bits per heavy atom. The third kappa shape index (κ3) is 5.42. The van der Waals surface area contributed by atoms with Gasteiger partial charge in [-0.25, -0.2) is 17.2 Å². The summed E-state index contributed by atoms with van der Waals surface area (Å²) in [6.45, 7) is 3.26. The van der Waals surface area contributed by atoms with Crippen LogP contribution in [0.2, 0.25) is 0 Å². The van der Waals surface area contributed by atoms with Crippen LogP contribution in [0.5, 0.6) is 0 Å². The summed E-state index contributed by atoms with van der Waals surface area (Å²) in [5.74, 6) is 0.251. The van der Waals surface area contributed by atoms with Gasteiger partial charge in [0.25, 0.3) is 15.5 Å². The average Bonchev–Trinajstić information content (AvgIpc) is 2.59. The molecule has 1 aromatic rings. The van der Waals surface area contributed by atoms with Crippen LogP contribution in [0.1, 0.15) is 19.5 Å². The second-order valence-corrected chi connectivity index (χ2v) is 6.93. The molecule has 0 atom stereocenters. The fourth-order valence-electron chi connectivity index (χ4n) is 1.46. The minimum Gasteiger partial charge on any atom is -0.369 e. The molecular weight excluding hydrogens is 302 g/mol. The summed E-state index contributed by atoms with van der Waals surface area (Å²) in [4.78, 5) is -0.205. The Balaban J connectivity index is 2.90. The Hall–Kier alpha value is -0.730. The van der Waals surface area contributed by atoms with E-state index in [0.29, 0.717) is 6.54 Å². The van der Waals surface area contributed by atoms with Crippen LogP contribution in [0, 0.1) is 5.92 Å². The molecule has 0 aliphatic carbocycles. The first-order chi connectivity index (χ1) is 8.70. The fraction of sp³-hybridized carbons (Fsp3) is 0.700. The number of halogens is 3. The first kappa shape index (κ1) is 16.3. The largest absolute Gasteiger partial charge is 0.369 e. The highest BCUT2D eigenvalue weighted by Crippen LogP contribution is 2.20. The van der Waals surface area contributed by atoms with Crippen molar-refractivity contribution < 1.29 is 21.9 Å². The maximum Gasteiger partial charge on any atom is 0.264 e. The zero-order valence-corrected chi connectivity index (χ0v) is 12.1. The van der Waals surface area contributed by atoms with E-state index in [1.54, 1.807) is 0 Å². The van der Waals surface area contributed by atoms with Crippen LogP contribution in [0.3, 0.4) is 0 Å². The van der Waals surface area contributed by atoms with Gasteiger partial charge in [0.1, 0.15) is 17.2 Å². The molecule has 0 amide bonds. The zero-order chi connectivity index (χ0) is 14.6. The topological polar surface area (TPSA) is 61.2 Å². The van der Waals surface area contributed by atoms with Gasteiger partial charge in [0, 0.05) is 23.4 Å². The van der Waals surface area contributed by atoms with Gasteiger partial charge in [0.05, 0.1) is 6.61 Å². The molecule has 0 fully saturated rings. The molecule has 110 valence electrons. The minimum absolute atomic E-state index is 0.0382. The van der Waals surface area contributed by atoms with Crippen LogP contribution < -0.4 is 0 Å². The Morgan fingerprint density at radius 3 is 2.58 bits per heavy atom. The van der Waals surface area contributed by atoms with Gasteiger partial charge in [0.2, 0.25) is 0 Å². The number of aromatic nitrogens is 2. The minimum atomic E-state index is -3.98. The normalized spacial score (nSPS) is 12.6. The molecule has 1 aromatic heterocycles. The highest BCUT2D eigenvalue weighted by Gasteiger charge is 2.21. The van der Waals surface area contributed by atoms with E-state index in [0.717, 1.165) is 0 Å². The number of alkyl halides is 2. The third-order valence-corrected chi connectivity index (χ3v) is 3.46. The monoisotopic (exact) mass is 316 g/mol. The molecule has 0 N–H and O–H groups in total. The number of ether oxygens (including phenoxy) is 1. The predicted molar refractivity (Wildman–Crippen MR) is 65.8 cm³/mol. The average molecular weight is 317 g/mol. The predicted octanol–water partition coefficient (Wildman–Crippen LogP) is 2.25. The van der Waals surface area contributed by atoms with Gasteiger partial charge in [-0.2, -0.15) is 5.10 Å². The van der Waals surface area contributed by atoms with Crippen molar-refractivity contribution in [2.75, 3.05) is 6.61 Å². The van der Waals surface area contributed by atoms with E-state index in [-0.39, 0.29) is 23.1 Å². The van der Waals surface area contributed by atoms with Crippen molar-refractivity contribution in [3.05, 3.63) is 11.9 Å². The van der Waals surface area contributed by atoms with Crippen molar-refractivity contribution in [2.45, 2.75) is 38.3 Å². The van der Waals surface area contributed by atoms with Crippen molar-refractivity contribution in [3.63, 3.8) is 0 Å². The molecule has 0 saturated carbocycles. The molecule has 0 saturated heterocycles. The summed E-state index contributed by atoms with van der Waals surface area (Å²) in [6.07, 6.45) is -1.34.